The summed E-state index contributed by atoms with van der Waals surface area (Å²) in [6.45, 7) is 1.83. The second-order valence-corrected chi connectivity index (χ2v) is 7.33. The first-order valence-corrected chi connectivity index (χ1v) is 9.58. The molecule has 2 aromatic rings. The Kier molecular flexibility index (Phi) is 5.02. The quantitative estimate of drug-likeness (QED) is 0.857. The molecule has 25 heavy (non-hydrogen) atoms. The SMILES string of the molecule is O=C(OC1CCNCC1)C(c1noc2ccccc12)C1CCCCC1. The van der Waals surface area contributed by atoms with Gasteiger partial charge in [0.15, 0.2) is 5.58 Å². The number of carbonyl (C=O) groups excluding carboxylic acids is 1. The summed E-state index contributed by atoms with van der Waals surface area (Å²) in [6, 6.07) is 7.80. The lowest BCUT2D eigenvalue weighted by Crippen LogP contribution is -2.36. The number of nitrogens with one attached hydrogen (secondary N) is 1. The van der Waals surface area contributed by atoms with Gasteiger partial charge in [-0.1, -0.05) is 36.6 Å². The Bertz CT molecular complexity index is 715. The van der Waals surface area contributed by atoms with Crippen LogP contribution in [-0.2, 0) is 9.53 Å². The summed E-state index contributed by atoms with van der Waals surface area (Å²) in [4.78, 5) is 13.1. The molecule has 1 N–H and O–H groups in total. The molecule has 1 unspecified atom stereocenters. The van der Waals surface area contributed by atoms with Crippen LogP contribution in [0.5, 0.6) is 0 Å². The van der Waals surface area contributed by atoms with E-state index in [0.29, 0.717) is 5.92 Å². The van der Waals surface area contributed by atoms with Gasteiger partial charge in [0.2, 0.25) is 0 Å². The van der Waals surface area contributed by atoms with Crippen molar-refractivity contribution in [3.05, 3.63) is 30.0 Å². The molecule has 0 radical (unpaired) electrons. The van der Waals surface area contributed by atoms with Gasteiger partial charge < -0.3 is 14.6 Å². The lowest BCUT2D eigenvalue weighted by atomic mass is 9.78. The summed E-state index contributed by atoms with van der Waals surface area (Å²) < 4.78 is 11.4. The molecule has 0 bridgehead atoms. The molecule has 1 aromatic heterocycles. The third kappa shape index (κ3) is 3.56. The lowest BCUT2D eigenvalue weighted by molar-refractivity contribution is -0.154. The first-order chi connectivity index (χ1) is 12.3. The van der Waals surface area contributed by atoms with Crippen LogP contribution in [0.25, 0.3) is 11.0 Å². The zero-order chi connectivity index (χ0) is 17.1. The number of piperidine rings is 1. The number of nitrogens with zero attached hydrogens (tertiary/aromatic N) is 1. The van der Waals surface area contributed by atoms with Crippen molar-refractivity contribution in [1.82, 2.24) is 10.5 Å². The summed E-state index contributed by atoms with van der Waals surface area (Å²) in [7, 11) is 0. The fourth-order valence-electron chi connectivity index (χ4n) is 4.28. The molecule has 134 valence electrons. The minimum atomic E-state index is -0.307. The number of para-hydroxylation sites is 1. The fraction of sp³-hybridized carbons (Fsp3) is 0.600. The van der Waals surface area contributed by atoms with Crippen molar-refractivity contribution in [2.24, 2.45) is 5.92 Å². The molecule has 5 heteroatoms. The average molecular weight is 342 g/mol. The van der Waals surface area contributed by atoms with Gasteiger partial charge in [-0.05, 0) is 56.8 Å². The van der Waals surface area contributed by atoms with Gasteiger partial charge in [0.1, 0.15) is 17.7 Å². The van der Waals surface area contributed by atoms with Crippen molar-refractivity contribution < 1.29 is 14.1 Å². The summed E-state index contributed by atoms with van der Waals surface area (Å²) in [5.74, 6) is -0.117. The van der Waals surface area contributed by atoms with E-state index in [9.17, 15) is 4.79 Å². The van der Waals surface area contributed by atoms with Gasteiger partial charge in [0, 0.05) is 5.39 Å². The molecule has 1 aliphatic heterocycles. The number of esters is 1. The normalized spacial score (nSPS) is 21.3. The summed E-state index contributed by atoms with van der Waals surface area (Å²) >= 11 is 0. The van der Waals surface area contributed by atoms with Crippen LogP contribution in [0.4, 0.5) is 0 Å². The highest BCUT2D eigenvalue weighted by atomic mass is 16.5. The van der Waals surface area contributed by atoms with Gasteiger partial charge >= 0.3 is 5.97 Å². The van der Waals surface area contributed by atoms with E-state index in [1.807, 2.05) is 24.3 Å². The Labute approximate surface area is 148 Å². The molecule has 0 amide bonds. The van der Waals surface area contributed by atoms with Crippen LogP contribution < -0.4 is 5.32 Å². The van der Waals surface area contributed by atoms with Gasteiger partial charge in [0.05, 0.1) is 0 Å². The zero-order valence-corrected chi connectivity index (χ0v) is 14.6. The maximum Gasteiger partial charge on any atom is 0.315 e. The maximum absolute atomic E-state index is 13.1. The van der Waals surface area contributed by atoms with Crippen molar-refractivity contribution in [2.75, 3.05) is 13.1 Å². The molecule has 4 rings (SSSR count). The number of rotatable bonds is 4. The van der Waals surface area contributed by atoms with Crippen molar-refractivity contribution in [1.29, 1.82) is 0 Å². The lowest BCUT2D eigenvalue weighted by Gasteiger charge is -2.30. The van der Waals surface area contributed by atoms with Crippen LogP contribution in [0.2, 0.25) is 0 Å². The van der Waals surface area contributed by atoms with Crippen LogP contribution in [0.3, 0.4) is 0 Å². The molecule has 2 aliphatic rings. The Morgan fingerprint density at radius 2 is 1.88 bits per heavy atom. The van der Waals surface area contributed by atoms with Gasteiger partial charge in [0.25, 0.3) is 0 Å². The highest BCUT2D eigenvalue weighted by Gasteiger charge is 2.37. The van der Waals surface area contributed by atoms with Crippen molar-refractivity contribution >= 4 is 16.9 Å². The molecule has 1 saturated carbocycles. The topological polar surface area (TPSA) is 64.4 Å². The number of carbonyl (C=O) groups is 1. The predicted molar refractivity (Wildman–Crippen MR) is 95.3 cm³/mol. The van der Waals surface area contributed by atoms with Crippen LogP contribution in [-0.4, -0.2) is 30.3 Å². The van der Waals surface area contributed by atoms with Crippen LogP contribution in [0, 0.1) is 5.92 Å². The maximum atomic E-state index is 13.1. The van der Waals surface area contributed by atoms with Gasteiger partial charge in [-0.3, -0.25) is 4.79 Å². The summed E-state index contributed by atoms with van der Waals surface area (Å²) in [5, 5.41) is 8.56. The van der Waals surface area contributed by atoms with E-state index in [0.717, 1.165) is 55.4 Å². The Morgan fingerprint density at radius 3 is 2.68 bits per heavy atom. The smallest absolute Gasteiger partial charge is 0.315 e. The number of hydrogen-bond acceptors (Lipinski definition) is 5. The minimum Gasteiger partial charge on any atom is -0.462 e. The monoisotopic (exact) mass is 342 g/mol. The number of hydrogen-bond donors (Lipinski definition) is 1. The van der Waals surface area contributed by atoms with Crippen molar-refractivity contribution in [2.45, 2.75) is 57.0 Å². The second kappa shape index (κ2) is 7.56. The number of benzene rings is 1. The van der Waals surface area contributed by atoms with Crippen LogP contribution >= 0.6 is 0 Å². The van der Waals surface area contributed by atoms with E-state index >= 15 is 0 Å². The molecule has 5 nitrogen and oxygen atoms in total. The number of ether oxygens (including phenoxy) is 1. The van der Waals surface area contributed by atoms with Crippen molar-refractivity contribution in [3.8, 4) is 0 Å². The second-order valence-electron chi connectivity index (χ2n) is 7.33. The summed E-state index contributed by atoms with van der Waals surface area (Å²) in [6.07, 6.45) is 7.55. The highest BCUT2D eigenvalue weighted by molar-refractivity contribution is 5.87. The molecular formula is C20H26N2O3. The van der Waals surface area contributed by atoms with E-state index in [1.165, 1.54) is 19.3 Å². The molecule has 0 spiro atoms. The molecule has 2 fully saturated rings. The summed E-state index contributed by atoms with van der Waals surface area (Å²) in [5.41, 5.74) is 1.51. The van der Waals surface area contributed by atoms with Crippen molar-refractivity contribution in [3.63, 3.8) is 0 Å². The first kappa shape index (κ1) is 16.6. The number of fused-ring (bicyclic) bond motifs is 1. The highest BCUT2D eigenvalue weighted by Crippen LogP contribution is 2.39. The van der Waals surface area contributed by atoms with Gasteiger partial charge in [-0.2, -0.15) is 0 Å². The van der Waals surface area contributed by atoms with E-state index in [-0.39, 0.29) is 18.0 Å². The molecular weight excluding hydrogens is 316 g/mol. The average Bonchev–Trinajstić information content (AvgIpc) is 3.08. The van der Waals surface area contributed by atoms with E-state index in [1.54, 1.807) is 0 Å². The van der Waals surface area contributed by atoms with E-state index in [4.69, 9.17) is 9.26 Å². The molecule has 2 heterocycles. The largest absolute Gasteiger partial charge is 0.462 e. The molecule has 1 aliphatic carbocycles. The standard InChI is InChI=1S/C20H26N2O3/c23-20(24-15-10-12-21-13-11-15)18(14-6-2-1-3-7-14)19-16-8-4-5-9-17(16)25-22-19/h4-5,8-9,14-15,18,21H,1-3,6-7,10-13H2. The predicted octanol–water partition coefficient (Wildman–Crippen LogP) is 3.79. The molecule has 1 aromatic carbocycles. The van der Waals surface area contributed by atoms with Crippen LogP contribution in [0.15, 0.2) is 28.8 Å². The Hall–Kier alpha value is -1.88. The zero-order valence-electron chi connectivity index (χ0n) is 14.6. The molecule has 1 saturated heterocycles. The van der Waals surface area contributed by atoms with Gasteiger partial charge in [-0.25, -0.2) is 0 Å². The minimum absolute atomic E-state index is 0.0259. The fourth-order valence-corrected chi connectivity index (χ4v) is 4.28. The first-order valence-electron chi connectivity index (χ1n) is 9.58. The Balaban J connectivity index is 1.62. The molecule has 1 atom stereocenters. The third-order valence-corrected chi connectivity index (χ3v) is 5.64. The van der Waals surface area contributed by atoms with Gasteiger partial charge in [-0.15, -0.1) is 0 Å². The van der Waals surface area contributed by atoms with E-state index < -0.39 is 0 Å². The van der Waals surface area contributed by atoms with Crippen LogP contribution in [0.1, 0.15) is 56.6 Å². The van der Waals surface area contributed by atoms with E-state index in [2.05, 4.69) is 10.5 Å². The number of aromatic nitrogens is 1. The Morgan fingerprint density at radius 1 is 1.12 bits per heavy atom. The third-order valence-electron chi connectivity index (χ3n) is 5.64.